The average molecular weight is 863 g/mol. The zero-order chi connectivity index (χ0) is 43.2. The number of anilines is 2. The second-order valence-corrected chi connectivity index (χ2v) is 21.3. The quantitative estimate of drug-likeness (QED) is 0.0534. The largest absolute Gasteiger partial charge is 0.534 e. The molecule has 1 atom stereocenters. The molecule has 1 aliphatic rings. The van der Waals surface area contributed by atoms with E-state index in [0.717, 1.165) is 42.9 Å². The molecule has 10 nitrogen and oxygen atoms in total. The molecule has 0 spiro atoms. The van der Waals surface area contributed by atoms with Crippen LogP contribution in [0.15, 0.2) is 133 Å². The molecule has 322 valence electrons. The van der Waals surface area contributed by atoms with Gasteiger partial charge in [-0.1, -0.05) is 105 Å². The number of piperidine rings is 1. The highest BCUT2D eigenvalue weighted by Gasteiger charge is 2.52. The van der Waals surface area contributed by atoms with Crippen LogP contribution >= 0.6 is 11.6 Å². The van der Waals surface area contributed by atoms with Crippen molar-refractivity contribution >= 4 is 53.6 Å². The number of nitrogens with one attached hydrogen (secondary N) is 3. The third-order valence-electron chi connectivity index (χ3n) is 11.2. The fraction of sp³-hybridized carbons (Fsp3) is 0.347. The maximum atomic E-state index is 12.8. The topological polar surface area (TPSA) is 115 Å². The summed E-state index contributed by atoms with van der Waals surface area (Å²) in [6.45, 7) is 9.69. The third-order valence-corrected chi connectivity index (χ3v) is 16.4. The van der Waals surface area contributed by atoms with Crippen LogP contribution < -0.4 is 40.4 Å². The molecule has 0 unspecified atom stereocenters. The first-order valence-electron chi connectivity index (χ1n) is 21.2. The van der Waals surface area contributed by atoms with E-state index < -0.39 is 14.4 Å². The van der Waals surface area contributed by atoms with Gasteiger partial charge >= 0.3 is 14.3 Å². The first-order chi connectivity index (χ1) is 29.4. The van der Waals surface area contributed by atoms with Crippen LogP contribution in [0.4, 0.5) is 16.2 Å². The molecule has 4 N–H and O–H groups in total. The van der Waals surface area contributed by atoms with Gasteiger partial charge in [0.1, 0.15) is 24.2 Å². The van der Waals surface area contributed by atoms with Gasteiger partial charge in [-0.3, -0.25) is 4.79 Å². The number of aliphatic hydroxyl groups excluding tert-OH is 1. The molecule has 0 saturated carbocycles. The summed E-state index contributed by atoms with van der Waals surface area (Å²) in [6, 6.07) is 44.6. The lowest BCUT2D eigenvalue weighted by atomic mass is 10.0. The van der Waals surface area contributed by atoms with E-state index in [1.807, 2.05) is 41.3 Å². The first-order valence-corrected chi connectivity index (χ1v) is 23.5. The minimum Gasteiger partial charge on any atom is -0.534 e. The number of halogens is 1. The second-order valence-electron chi connectivity index (χ2n) is 16.7. The smallest absolute Gasteiger partial charge is 0.319 e. The van der Waals surface area contributed by atoms with E-state index in [2.05, 4.69) is 110 Å². The van der Waals surface area contributed by atoms with Gasteiger partial charge in [0, 0.05) is 62.1 Å². The first kappa shape index (κ1) is 45.2. The van der Waals surface area contributed by atoms with E-state index in [0.29, 0.717) is 30.4 Å². The summed E-state index contributed by atoms with van der Waals surface area (Å²) in [5, 5.41) is 23.4. The Balaban J connectivity index is 0.864. The van der Waals surface area contributed by atoms with Gasteiger partial charge in [-0.25, -0.2) is 4.79 Å². The molecular weight excluding hydrogens is 802 g/mol. The molecule has 1 heterocycles. The Morgan fingerprint density at radius 1 is 0.820 bits per heavy atom. The molecule has 0 aliphatic carbocycles. The summed E-state index contributed by atoms with van der Waals surface area (Å²) in [6.07, 6.45) is 2.06. The molecule has 61 heavy (non-hydrogen) atoms. The Bertz CT molecular complexity index is 2070. The molecule has 1 fully saturated rings. The molecule has 0 radical (unpaired) electrons. The Morgan fingerprint density at radius 3 is 2.00 bits per heavy atom. The summed E-state index contributed by atoms with van der Waals surface area (Å²) in [5.41, 5.74) is 3.01. The number of ether oxygens (including phenoxy) is 1. The molecule has 6 rings (SSSR count). The minimum atomic E-state index is -2.73. The number of benzene rings is 5. The van der Waals surface area contributed by atoms with Gasteiger partial charge in [0.05, 0.1) is 0 Å². The zero-order valence-corrected chi connectivity index (χ0v) is 37.5. The number of likely N-dealkylation sites (tertiary alicyclic amines) is 1. The van der Waals surface area contributed by atoms with E-state index in [4.69, 9.17) is 20.8 Å². The third kappa shape index (κ3) is 12.4. The molecule has 0 bridgehead atoms. The van der Waals surface area contributed by atoms with E-state index in [-0.39, 0.29) is 42.6 Å². The van der Waals surface area contributed by atoms with Crippen molar-refractivity contribution in [2.75, 3.05) is 56.6 Å². The highest BCUT2D eigenvalue weighted by molar-refractivity contribution is 7.00. The average Bonchev–Trinajstić information content (AvgIpc) is 3.27. The summed E-state index contributed by atoms with van der Waals surface area (Å²) in [5.74, 6) is 1.39. The number of aliphatic hydroxyl groups is 1. The van der Waals surface area contributed by atoms with Crippen LogP contribution in [0.1, 0.15) is 45.6 Å². The van der Waals surface area contributed by atoms with E-state index in [1.54, 1.807) is 36.2 Å². The zero-order valence-electron chi connectivity index (χ0n) is 35.8. The van der Waals surface area contributed by atoms with Gasteiger partial charge in [0.25, 0.3) is 0 Å². The molecule has 5 aromatic rings. The molecule has 1 saturated heterocycles. The normalized spacial score (nSPS) is 13.9. The molecule has 5 aromatic carbocycles. The van der Waals surface area contributed by atoms with Crippen molar-refractivity contribution in [1.29, 1.82) is 0 Å². The number of nitrogens with zero attached hydrogens (tertiary/aromatic N) is 2. The van der Waals surface area contributed by atoms with Crippen LogP contribution in [-0.4, -0.2) is 88.8 Å². The Labute approximate surface area is 367 Å². The predicted molar refractivity (Wildman–Crippen MR) is 250 cm³/mol. The highest BCUT2D eigenvalue weighted by atomic mass is 35.5. The highest BCUT2D eigenvalue weighted by Crippen LogP contribution is 2.38. The van der Waals surface area contributed by atoms with Crippen molar-refractivity contribution in [3.63, 3.8) is 0 Å². The van der Waals surface area contributed by atoms with Crippen molar-refractivity contribution in [3.05, 3.63) is 144 Å². The Kier molecular flexibility index (Phi) is 15.9. The van der Waals surface area contributed by atoms with Crippen molar-refractivity contribution in [2.45, 2.75) is 63.6 Å². The van der Waals surface area contributed by atoms with Gasteiger partial charge < -0.3 is 40.0 Å². The van der Waals surface area contributed by atoms with Crippen molar-refractivity contribution in [1.82, 2.24) is 15.5 Å². The van der Waals surface area contributed by atoms with Crippen LogP contribution in [-0.2, 0) is 11.2 Å². The molecular formula is C49H60ClN5O5Si. The van der Waals surface area contributed by atoms with E-state index in [1.165, 1.54) is 15.9 Å². The van der Waals surface area contributed by atoms with E-state index in [9.17, 15) is 14.7 Å². The SMILES string of the molecule is CN(C(=O)CCNC(=O)N1CCC(Nc2ccc(CCNC[C@H](O)COc3ccc(O[Si](c4ccccc4)(c4ccccc4)C(C)(C)C)cc3)cc2)CC1)c1ccc(Cl)cc1. The minimum absolute atomic E-state index is 0.0782. The van der Waals surface area contributed by atoms with Gasteiger partial charge in [-0.05, 0) is 107 Å². The van der Waals surface area contributed by atoms with Crippen molar-refractivity contribution in [3.8, 4) is 11.5 Å². The number of amides is 3. The molecule has 3 amide bonds. The van der Waals surface area contributed by atoms with Crippen LogP contribution in [0.3, 0.4) is 0 Å². The second kappa shape index (κ2) is 21.5. The summed E-state index contributed by atoms with van der Waals surface area (Å²) in [7, 11) is -1.02. The molecule has 0 aromatic heterocycles. The monoisotopic (exact) mass is 861 g/mol. The summed E-state index contributed by atoms with van der Waals surface area (Å²) < 4.78 is 13.1. The Morgan fingerprint density at radius 2 is 1.41 bits per heavy atom. The number of rotatable bonds is 18. The van der Waals surface area contributed by atoms with Gasteiger partial charge in [0.2, 0.25) is 5.91 Å². The summed E-state index contributed by atoms with van der Waals surface area (Å²) in [4.78, 5) is 28.7. The number of hydrogen-bond donors (Lipinski definition) is 4. The number of carbonyl (C=O) groups excluding carboxylic acids is 2. The Hall–Kier alpha value is -5.33. The van der Waals surface area contributed by atoms with Crippen LogP contribution in [0.5, 0.6) is 11.5 Å². The maximum Gasteiger partial charge on any atom is 0.319 e. The molecule has 12 heteroatoms. The lowest BCUT2D eigenvalue weighted by molar-refractivity contribution is -0.118. The van der Waals surface area contributed by atoms with Gasteiger partial charge in [-0.2, -0.15) is 0 Å². The van der Waals surface area contributed by atoms with Gasteiger partial charge in [-0.15, -0.1) is 0 Å². The fourth-order valence-corrected chi connectivity index (χ4v) is 12.3. The standard InChI is InChI=1S/C49H60ClN5O5Si/c1-49(2,3)61(45-11-7-5-8-12-45,46-13-9-6-10-14-46)60-44-25-23-43(24-26-44)59-36-42(56)35-51-31-27-37-15-19-39(20-16-37)53-40-29-33-55(34-30-40)48(58)52-32-28-47(57)54(4)41-21-17-38(50)18-22-41/h5-26,40,42,51,53,56H,27-36H2,1-4H3,(H,52,58)/t42-/m0/s1. The predicted octanol–water partition coefficient (Wildman–Crippen LogP) is 7.49. The molecule has 1 aliphatic heterocycles. The van der Waals surface area contributed by atoms with Crippen LogP contribution in [0.25, 0.3) is 0 Å². The lowest BCUT2D eigenvalue weighted by Crippen LogP contribution is -2.68. The maximum absolute atomic E-state index is 12.8. The van der Waals surface area contributed by atoms with Crippen molar-refractivity contribution in [2.24, 2.45) is 0 Å². The number of carbonyl (C=O) groups is 2. The van der Waals surface area contributed by atoms with Crippen LogP contribution in [0.2, 0.25) is 10.1 Å². The lowest BCUT2D eigenvalue weighted by Gasteiger charge is -2.43. The van der Waals surface area contributed by atoms with Crippen molar-refractivity contribution < 1.29 is 23.9 Å². The summed E-state index contributed by atoms with van der Waals surface area (Å²) >= 11 is 5.95. The number of hydrogen-bond acceptors (Lipinski definition) is 7. The van der Waals surface area contributed by atoms with Gasteiger partial charge in [0.15, 0.2) is 0 Å². The number of urea groups is 1. The van der Waals surface area contributed by atoms with E-state index >= 15 is 0 Å². The van der Waals surface area contributed by atoms with Crippen LogP contribution in [0, 0.1) is 0 Å². The fourth-order valence-electron chi connectivity index (χ4n) is 7.78.